The minimum atomic E-state index is -0.367. The Morgan fingerprint density at radius 2 is 2.28 bits per heavy atom. The van der Waals surface area contributed by atoms with Gasteiger partial charge >= 0.3 is 0 Å². The van der Waals surface area contributed by atoms with Gasteiger partial charge in [-0.1, -0.05) is 11.6 Å². The summed E-state index contributed by atoms with van der Waals surface area (Å²) in [5.41, 5.74) is 3.39. The van der Waals surface area contributed by atoms with Gasteiger partial charge in [0, 0.05) is 35.1 Å². The Morgan fingerprint density at radius 1 is 1.39 bits per heavy atom. The van der Waals surface area contributed by atoms with Gasteiger partial charge in [-0.2, -0.15) is 0 Å². The molecule has 2 aromatic rings. The van der Waals surface area contributed by atoms with Crippen LogP contribution >= 0.6 is 0 Å². The van der Waals surface area contributed by atoms with Gasteiger partial charge < -0.3 is 15.4 Å². The number of aryl methyl sites for hydroxylation is 1. The number of piperidine rings is 1. The van der Waals surface area contributed by atoms with Crippen molar-refractivity contribution >= 4 is 10.9 Å². The van der Waals surface area contributed by atoms with Gasteiger partial charge in [0.1, 0.15) is 0 Å². The molecule has 3 N–H and O–H groups in total. The molecular weight excluding hydrogens is 224 g/mol. The Balaban J connectivity index is 1.95. The Labute approximate surface area is 107 Å². The molecule has 0 saturated carbocycles. The number of rotatable bonds is 2. The summed E-state index contributed by atoms with van der Waals surface area (Å²) in [5, 5.41) is 15.1. The van der Waals surface area contributed by atoms with Crippen LogP contribution in [-0.2, 0) is 0 Å². The number of benzene rings is 1. The molecule has 18 heavy (non-hydrogen) atoms. The van der Waals surface area contributed by atoms with Crippen molar-refractivity contribution in [2.45, 2.75) is 25.9 Å². The molecular formula is C15H20N2O. The van der Waals surface area contributed by atoms with E-state index < -0.39 is 0 Å². The van der Waals surface area contributed by atoms with Crippen LogP contribution in [0.3, 0.4) is 0 Å². The van der Waals surface area contributed by atoms with Crippen LogP contribution in [0, 0.1) is 12.8 Å². The van der Waals surface area contributed by atoms with E-state index in [1.165, 1.54) is 5.56 Å². The zero-order chi connectivity index (χ0) is 12.5. The molecule has 2 unspecified atom stereocenters. The molecule has 1 aliphatic rings. The summed E-state index contributed by atoms with van der Waals surface area (Å²) >= 11 is 0. The van der Waals surface area contributed by atoms with Gasteiger partial charge in [0.05, 0.1) is 6.10 Å². The monoisotopic (exact) mass is 244 g/mol. The van der Waals surface area contributed by atoms with Crippen molar-refractivity contribution in [1.82, 2.24) is 10.3 Å². The van der Waals surface area contributed by atoms with E-state index in [0.29, 0.717) is 5.92 Å². The number of aromatic nitrogens is 1. The fourth-order valence-electron chi connectivity index (χ4n) is 2.90. The van der Waals surface area contributed by atoms with E-state index in [1.54, 1.807) is 0 Å². The van der Waals surface area contributed by atoms with Crippen molar-refractivity contribution in [3.8, 4) is 0 Å². The molecule has 1 saturated heterocycles. The van der Waals surface area contributed by atoms with E-state index in [0.717, 1.165) is 42.4 Å². The van der Waals surface area contributed by atoms with E-state index in [4.69, 9.17) is 0 Å². The van der Waals surface area contributed by atoms with E-state index in [2.05, 4.69) is 35.4 Å². The highest BCUT2D eigenvalue weighted by molar-refractivity contribution is 5.84. The molecule has 2 heterocycles. The SMILES string of the molecule is Cc1ccc2[nH]cc(C(O)C3CCCNC3)c2c1. The third-order valence-corrected chi connectivity index (χ3v) is 3.97. The van der Waals surface area contributed by atoms with Crippen molar-refractivity contribution in [3.63, 3.8) is 0 Å². The molecule has 3 nitrogen and oxygen atoms in total. The van der Waals surface area contributed by atoms with Crippen molar-refractivity contribution in [1.29, 1.82) is 0 Å². The second kappa shape index (κ2) is 4.75. The number of hydrogen-bond acceptors (Lipinski definition) is 2. The number of aromatic amines is 1. The molecule has 96 valence electrons. The first-order valence-electron chi connectivity index (χ1n) is 6.72. The number of H-pyrrole nitrogens is 1. The summed E-state index contributed by atoms with van der Waals surface area (Å²) in [6, 6.07) is 6.33. The molecule has 0 amide bonds. The third-order valence-electron chi connectivity index (χ3n) is 3.97. The van der Waals surface area contributed by atoms with Gasteiger partial charge in [0.2, 0.25) is 0 Å². The lowest BCUT2D eigenvalue weighted by Crippen LogP contribution is -2.33. The van der Waals surface area contributed by atoms with Crippen molar-refractivity contribution in [2.24, 2.45) is 5.92 Å². The van der Waals surface area contributed by atoms with Crippen LogP contribution in [0.1, 0.15) is 30.1 Å². The Hall–Kier alpha value is -1.32. The maximum atomic E-state index is 10.6. The van der Waals surface area contributed by atoms with Crippen LogP contribution in [0.2, 0.25) is 0 Å². The highest BCUT2D eigenvalue weighted by atomic mass is 16.3. The summed E-state index contributed by atoms with van der Waals surface area (Å²) in [6.45, 7) is 4.08. The smallest absolute Gasteiger partial charge is 0.0850 e. The van der Waals surface area contributed by atoms with Gasteiger partial charge in [-0.05, 0) is 38.4 Å². The van der Waals surface area contributed by atoms with Gasteiger partial charge in [0.15, 0.2) is 0 Å². The first-order chi connectivity index (χ1) is 8.75. The van der Waals surface area contributed by atoms with Crippen LogP contribution in [0.25, 0.3) is 10.9 Å². The summed E-state index contributed by atoms with van der Waals surface area (Å²) in [6.07, 6.45) is 3.85. The fourth-order valence-corrected chi connectivity index (χ4v) is 2.90. The van der Waals surface area contributed by atoms with Crippen LogP contribution in [0.15, 0.2) is 24.4 Å². The number of hydrogen-bond donors (Lipinski definition) is 3. The van der Waals surface area contributed by atoms with E-state index in [1.807, 2.05) is 6.20 Å². The predicted molar refractivity (Wildman–Crippen MR) is 73.6 cm³/mol. The normalized spacial score (nSPS) is 22.2. The lowest BCUT2D eigenvalue weighted by molar-refractivity contribution is 0.0934. The maximum absolute atomic E-state index is 10.6. The summed E-state index contributed by atoms with van der Waals surface area (Å²) in [4.78, 5) is 3.25. The van der Waals surface area contributed by atoms with Gasteiger partial charge in [0.25, 0.3) is 0 Å². The number of nitrogens with one attached hydrogen (secondary N) is 2. The zero-order valence-corrected chi connectivity index (χ0v) is 10.7. The predicted octanol–water partition coefficient (Wildman–Crippen LogP) is 2.51. The molecule has 1 aromatic heterocycles. The van der Waals surface area contributed by atoms with Gasteiger partial charge in [-0.3, -0.25) is 0 Å². The van der Waals surface area contributed by atoms with Crippen molar-refractivity contribution < 1.29 is 5.11 Å². The Morgan fingerprint density at radius 3 is 3.06 bits per heavy atom. The molecule has 0 aliphatic carbocycles. The molecule has 3 rings (SSSR count). The van der Waals surface area contributed by atoms with Crippen molar-refractivity contribution in [2.75, 3.05) is 13.1 Å². The minimum absolute atomic E-state index is 0.332. The Kier molecular flexibility index (Phi) is 3.10. The second-order valence-corrected chi connectivity index (χ2v) is 5.34. The lowest BCUT2D eigenvalue weighted by atomic mass is 9.89. The van der Waals surface area contributed by atoms with Crippen LogP contribution < -0.4 is 5.32 Å². The molecule has 0 spiro atoms. The zero-order valence-electron chi connectivity index (χ0n) is 10.7. The molecule has 0 radical (unpaired) electrons. The van der Waals surface area contributed by atoms with Crippen LogP contribution in [0.5, 0.6) is 0 Å². The van der Waals surface area contributed by atoms with Gasteiger partial charge in [-0.25, -0.2) is 0 Å². The molecule has 2 atom stereocenters. The lowest BCUT2D eigenvalue weighted by Gasteiger charge is -2.27. The van der Waals surface area contributed by atoms with E-state index in [9.17, 15) is 5.11 Å². The molecule has 1 aliphatic heterocycles. The van der Waals surface area contributed by atoms with Gasteiger partial charge in [-0.15, -0.1) is 0 Å². The maximum Gasteiger partial charge on any atom is 0.0850 e. The van der Waals surface area contributed by atoms with Crippen LogP contribution in [0.4, 0.5) is 0 Å². The second-order valence-electron chi connectivity index (χ2n) is 5.34. The summed E-state index contributed by atoms with van der Waals surface area (Å²) < 4.78 is 0. The summed E-state index contributed by atoms with van der Waals surface area (Å²) in [5.74, 6) is 0.332. The highest BCUT2D eigenvalue weighted by Crippen LogP contribution is 2.32. The number of fused-ring (bicyclic) bond motifs is 1. The largest absolute Gasteiger partial charge is 0.388 e. The first-order valence-corrected chi connectivity index (χ1v) is 6.72. The molecule has 1 aromatic carbocycles. The number of aliphatic hydroxyl groups excluding tert-OH is 1. The van der Waals surface area contributed by atoms with E-state index >= 15 is 0 Å². The molecule has 0 bridgehead atoms. The average molecular weight is 244 g/mol. The number of aliphatic hydroxyl groups is 1. The topological polar surface area (TPSA) is 48.0 Å². The first kappa shape index (κ1) is 11.8. The summed E-state index contributed by atoms with van der Waals surface area (Å²) in [7, 11) is 0. The quantitative estimate of drug-likeness (QED) is 0.760. The average Bonchev–Trinajstić information content (AvgIpc) is 2.82. The standard InChI is InChI=1S/C15H20N2O/c1-10-4-5-14-12(7-10)13(9-17-14)15(18)11-3-2-6-16-8-11/h4-5,7,9,11,15-18H,2-3,6,8H2,1H3. The minimum Gasteiger partial charge on any atom is -0.388 e. The van der Waals surface area contributed by atoms with Crippen LogP contribution in [-0.4, -0.2) is 23.2 Å². The third kappa shape index (κ3) is 2.04. The van der Waals surface area contributed by atoms with Crippen molar-refractivity contribution in [3.05, 3.63) is 35.5 Å². The molecule has 3 heteroatoms. The molecule has 1 fully saturated rings. The fraction of sp³-hybridized carbons (Fsp3) is 0.467. The van der Waals surface area contributed by atoms with E-state index in [-0.39, 0.29) is 6.10 Å². The highest BCUT2D eigenvalue weighted by Gasteiger charge is 2.24. The Bertz CT molecular complexity index is 540.